The van der Waals surface area contributed by atoms with Crippen molar-refractivity contribution in [2.45, 2.75) is 6.42 Å². The van der Waals surface area contributed by atoms with Gasteiger partial charge in [0.2, 0.25) is 6.39 Å². The Morgan fingerprint density at radius 2 is 2.37 bits per heavy atom. The van der Waals surface area contributed by atoms with Crippen LogP contribution in [0.2, 0.25) is 0 Å². The lowest BCUT2D eigenvalue weighted by atomic mass is 10.4. The molecule has 106 valence electrons. The van der Waals surface area contributed by atoms with Crippen LogP contribution < -0.4 is 5.32 Å². The van der Waals surface area contributed by atoms with Crippen LogP contribution in [0.1, 0.15) is 5.82 Å². The predicted molar refractivity (Wildman–Crippen MR) is 62.5 cm³/mol. The van der Waals surface area contributed by atoms with Crippen molar-refractivity contribution in [3.8, 4) is 0 Å². The van der Waals surface area contributed by atoms with Gasteiger partial charge in [-0.05, 0) is 0 Å². The molecule has 19 heavy (non-hydrogen) atoms. The minimum Gasteiger partial charge on any atom is -0.480 e. The number of methoxy groups -OCH3 is 1. The minimum atomic E-state index is -1.08. The van der Waals surface area contributed by atoms with Crippen LogP contribution in [0.25, 0.3) is 0 Å². The van der Waals surface area contributed by atoms with Gasteiger partial charge in [0.05, 0.1) is 6.61 Å². The fourth-order valence-electron chi connectivity index (χ4n) is 1.31. The highest BCUT2D eigenvalue weighted by atomic mass is 16.5. The van der Waals surface area contributed by atoms with Crippen LogP contribution in [-0.4, -0.2) is 65.5 Å². The third-order valence-corrected chi connectivity index (χ3v) is 2.21. The van der Waals surface area contributed by atoms with Crippen molar-refractivity contribution in [3.05, 3.63) is 12.2 Å². The number of carbonyl (C=O) groups is 2. The van der Waals surface area contributed by atoms with Crippen LogP contribution in [0.5, 0.6) is 0 Å². The number of aliphatic carboxylic acids is 1. The third kappa shape index (κ3) is 5.82. The van der Waals surface area contributed by atoms with E-state index in [1.807, 2.05) is 0 Å². The Bertz CT molecular complexity index is 395. The lowest BCUT2D eigenvalue weighted by Gasteiger charge is -2.20. The van der Waals surface area contributed by atoms with Crippen molar-refractivity contribution < 1.29 is 24.0 Å². The Morgan fingerprint density at radius 3 is 2.95 bits per heavy atom. The van der Waals surface area contributed by atoms with Crippen molar-refractivity contribution in [3.63, 3.8) is 0 Å². The summed E-state index contributed by atoms with van der Waals surface area (Å²) in [7, 11) is 1.48. The van der Waals surface area contributed by atoms with E-state index in [1.54, 1.807) is 0 Å². The molecule has 0 saturated carbocycles. The van der Waals surface area contributed by atoms with Gasteiger partial charge < -0.3 is 24.6 Å². The number of nitrogens with one attached hydrogen (secondary N) is 1. The first kappa shape index (κ1) is 14.9. The molecule has 1 aromatic rings. The number of aromatic nitrogens is 2. The van der Waals surface area contributed by atoms with Gasteiger partial charge in [0.1, 0.15) is 6.54 Å². The molecule has 0 fully saturated rings. The molecule has 2 amide bonds. The van der Waals surface area contributed by atoms with Crippen molar-refractivity contribution in [1.29, 1.82) is 0 Å². The van der Waals surface area contributed by atoms with Gasteiger partial charge >= 0.3 is 12.0 Å². The van der Waals surface area contributed by atoms with Crippen molar-refractivity contribution >= 4 is 12.0 Å². The number of nitrogens with zero attached hydrogens (tertiary/aromatic N) is 3. The van der Waals surface area contributed by atoms with E-state index in [-0.39, 0.29) is 19.7 Å². The van der Waals surface area contributed by atoms with Crippen LogP contribution in [0.3, 0.4) is 0 Å². The number of carbonyl (C=O) groups excluding carboxylic acids is 1. The van der Waals surface area contributed by atoms with Crippen LogP contribution in [0.4, 0.5) is 4.79 Å². The molecule has 0 aliphatic rings. The number of hydrogen-bond donors (Lipinski definition) is 2. The van der Waals surface area contributed by atoms with Crippen molar-refractivity contribution in [2.24, 2.45) is 0 Å². The highest BCUT2D eigenvalue weighted by Gasteiger charge is 2.16. The Morgan fingerprint density at radius 1 is 1.58 bits per heavy atom. The molecule has 0 aliphatic carbocycles. The van der Waals surface area contributed by atoms with Gasteiger partial charge in [-0.1, -0.05) is 5.16 Å². The number of carboxylic acid groups (broad SMARTS) is 1. The Kier molecular flexibility index (Phi) is 6.30. The lowest BCUT2D eigenvalue weighted by Crippen LogP contribution is -2.44. The first-order valence-corrected chi connectivity index (χ1v) is 5.62. The summed E-state index contributed by atoms with van der Waals surface area (Å²) in [6, 6.07) is -0.469. The van der Waals surface area contributed by atoms with Gasteiger partial charge in [-0.3, -0.25) is 4.79 Å². The second kappa shape index (κ2) is 8.03. The van der Waals surface area contributed by atoms with Crippen molar-refractivity contribution in [1.82, 2.24) is 20.4 Å². The van der Waals surface area contributed by atoms with Gasteiger partial charge in [0, 0.05) is 26.6 Å². The normalized spacial score (nSPS) is 10.2. The molecule has 0 saturated heterocycles. The van der Waals surface area contributed by atoms with Gasteiger partial charge in [-0.2, -0.15) is 4.98 Å². The lowest BCUT2D eigenvalue weighted by molar-refractivity contribution is -0.137. The first-order valence-electron chi connectivity index (χ1n) is 5.62. The quantitative estimate of drug-likeness (QED) is 0.645. The van der Waals surface area contributed by atoms with E-state index in [2.05, 4.69) is 20.0 Å². The second-order valence-corrected chi connectivity index (χ2v) is 3.64. The maximum Gasteiger partial charge on any atom is 0.323 e. The molecule has 0 spiro atoms. The highest BCUT2D eigenvalue weighted by molar-refractivity contribution is 5.80. The van der Waals surface area contributed by atoms with E-state index in [0.717, 1.165) is 4.90 Å². The Labute approximate surface area is 109 Å². The summed E-state index contributed by atoms with van der Waals surface area (Å²) in [4.78, 5) is 27.3. The number of ether oxygens (including phenoxy) is 1. The van der Waals surface area contributed by atoms with Crippen LogP contribution in [0, 0.1) is 0 Å². The molecule has 0 unspecified atom stereocenters. The molecule has 0 bridgehead atoms. The standard InChI is InChI=1S/C10H16N4O5/c1-18-5-4-14(6-9(15)16)10(17)11-3-2-8-12-7-19-13-8/h7H,2-6H2,1H3,(H,11,17)(H,15,16). The molecule has 0 radical (unpaired) electrons. The SMILES string of the molecule is COCCN(CC(=O)O)C(=O)NCCc1ncon1. The van der Waals surface area contributed by atoms with E-state index in [1.165, 1.54) is 13.5 Å². The van der Waals surface area contributed by atoms with E-state index in [4.69, 9.17) is 9.84 Å². The van der Waals surface area contributed by atoms with Crippen molar-refractivity contribution in [2.75, 3.05) is 33.4 Å². The number of carboxylic acids is 1. The Balaban J connectivity index is 2.35. The van der Waals surface area contributed by atoms with Crippen LogP contribution in [0.15, 0.2) is 10.9 Å². The summed E-state index contributed by atoms with van der Waals surface area (Å²) < 4.78 is 9.37. The fraction of sp³-hybridized carbons (Fsp3) is 0.600. The third-order valence-electron chi connectivity index (χ3n) is 2.21. The molecule has 0 atom stereocenters. The average molecular weight is 272 g/mol. The van der Waals surface area contributed by atoms with Gasteiger partial charge in [0.15, 0.2) is 5.82 Å². The second-order valence-electron chi connectivity index (χ2n) is 3.64. The maximum absolute atomic E-state index is 11.7. The minimum absolute atomic E-state index is 0.205. The summed E-state index contributed by atoms with van der Waals surface area (Å²) >= 11 is 0. The zero-order valence-corrected chi connectivity index (χ0v) is 10.5. The van der Waals surface area contributed by atoms with E-state index in [0.29, 0.717) is 18.8 Å². The van der Waals surface area contributed by atoms with Crippen LogP contribution >= 0.6 is 0 Å². The zero-order chi connectivity index (χ0) is 14.1. The molecule has 0 aromatic carbocycles. The van der Waals surface area contributed by atoms with Gasteiger partial charge in [-0.25, -0.2) is 4.79 Å². The molecule has 1 rings (SSSR count). The van der Waals surface area contributed by atoms with Gasteiger partial charge in [-0.15, -0.1) is 0 Å². The first-order chi connectivity index (χ1) is 9.13. The zero-order valence-electron chi connectivity index (χ0n) is 10.5. The summed E-state index contributed by atoms with van der Waals surface area (Å²) in [5, 5.41) is 14.9. The fourth-order valence-corrected chi connectivity index (χ4v) is 1.31. The topological polar surface area (TPSA) is 118 Å². The number of urea groups is 1. The van der Waals surface area contributed by atoms with E-state index < -0.39 is 12.0 Å². The largest absolute Gasteiger partial charge is 0.480 e. The maximum atomic E-state index is 11.7. The summed E-state index contributed by atoms with van der Waals surface area (Å²) in [5.41, 5.74) is 0. The summed E-state index contributed by atoms with van der Waals surface area (Å²) in [6.45, 7) is 0.390. The number of amides is 2. The molecule has 1 aromatic heterocycles. The molecule has 9 nitrogen and oxygen atoms in total. The average Bonchev–Trinajstić information content (AvgIpc) is 2.87. The molecule has 9 heteroatoms. The van der Waals surface area contributed by atoms with Crippen LogP contribution in [-0.2, 0) is 16.0 Å². The number of hydrogen-bond acceptors (Lipinski definition) is 6. The summed E-state index contributed by atoms with van der Waals surface area (Å²) in [5.74, 6) is -0.605. The molecular weight excluding hydrogens is 256 g/mol. The Hall–Kier alpha value is -2.16. The van der Waals surface area contributed by atoms with E-state index in [9.17, 15) is 9.59 Å². The molecular formula is C10H16N4O5. The molecule has 0 aliphatic heterocycles. The monoisotopic (exact) mass is 272 g/mol. The highest BCUT2D eigenvalue weighted by Crippen LogP contribution is 1.92. The number of rotatable bonds is 8. The molecule has 2 N–H and O–H groups in total. The molecule has 1 heterocycles. The predicted octanol–water partition coefficient (Wildman–Crippen LogP) is -0.645. The smallest absolute Gasteiger partial charge is 0.323 e. The summed E-state index contributed by atoms with van der Waals surface area (Å²) in [6.07, 6.45) is 1.61. The van der Waals surface area contributed by atoms with Gasteiger partial charge in [0.25, 0.3) is 0 Å². The van der Waals surface area contributed by atoms with E-state index >= 15 is 0 Å².